The minimum Gasteiger partial charge on any atom is -0.322 e. The molecule has 14 heavy (non-hydrogen) atoms. The Morgan fingerprint density at radius 2 is 2.07 bits per heavy atom. The molecule has 0 amide bonds. The van der Waals surface area contributed by atoms with Crippen LogP contribution in [0.2, 0.25) is 0 Å². The molecule has 7 heteroatoms. The largest absolute Gasteiger partial charge is 0.322 e. The molecule has 1 saturated heterocycles. The van der Waals surface area contributed by atoms with Gasteiger partial charge in [-0.1, -0.05) is 13.8 Å². The monoisotopic (exact) mass is 244 g/mol. The molecule has 1 fully saturated rings. The first-order chi connectivity index (χ1) is 6.41. The maximum Gasteiger partial charge on any atom is 0.202 e. The second-order valence-electron chi connectivity index (χ2n) is 3.23. The van der Waals surface area contributed by atoms with Crippen molar-refractivity contribution in [2.24, 2.45) is 0 Å². The van der Waals surface area contributed by atoms with Gasteiger partial charge in [0.2, 0.25) is 7.37 Å². The van der Waals surface area contributed by atoms with Crippen molar-refractivity contribution in [2.45, 2.75) is 20.0 Å². The van der Waals surface area contributed by atoms with E-state index in [4.69, 9.17) is 17.8 Å². The Hall–Kier alpha value is 0.420. The zero-order valence-corrected chi connectivity index (χ0v) is 10.1. The molecule has 0 saturated carbocycles. The van der Waals surface area contributed by atoms with Crippen molar-refractivity contribution in [1.29, 1.82) is 0 Å². The minimum absolute atomic E-state index is 0.0387. The summed E-state index contributed by atoms with van der Waals surface area (Å²) in [5, 5.41) is 0. The van der Waals surface area contributed by atoms with E-state index in [1.165, 1.54) is 0 Å². The third kappa shape index (κ3) is 3.22. The van der Waals surface area contributed by atoms with Crippen molar-refractivity contribution in [2.75, 3.05) is 24.7 Å². The first-order valence-corrected chi connectivity index (χ1v) is 8.21. The maximum absolute atomic E-state index is 11.9. The predicted molar refractivity (Wildman–Crippen MR) is 57.2 cm³/mol. The summed E-state index contributed by atoms with van der Waals surface area (Å²) in [4.78, 5) is 0. The summed E-state index contributed by atoms with van der Waals surface area (Å²) in [6, 6.07) is 0. The van der Waals surface area contributed by atoms with Crippen LogP contribution in [0.25, 0.3) is 0 Å². The SMILES string of the molecule is CCP(=O)(CC)OC1COS(O)(O)C1. The van der Waals surface area contributed by atoms with Gasteiger partial charge in [0, 0.05) is 12.3 Å². The van der Waals surface area contributed by atoms with E-state index in [1.807, 2.05) is 0 Å². The highest BCUT2D eigenvalue weighted by atomic mass is 32.3. The van der Waals surface area contributed by atoms with Gasteiger partial charge in [-0.3, -0.25) is 8.75 Å². The van der Waals surface area contributed by atoms with Crippen LogP contribution in [0.5, 0.6) is 0 Å². The molecule has 1 heterocycles. The van der Waals surface area contributed by atoms with Crippen LogP contribution in [0.4, 0.5) is 0 Å². The molecule has 0 aliphatic carbocycles. The van der Waals surface area contributed by atoms with E-state index >= 15 is 0 Å². The van der Waals surface area contributed by atoms with Crippen LogP contribution < -0.4 is 0 Å². The summed E-state index contributed by atoms with van der Waals surface area (Å²) in [5.41, 5.74) is 0. The van der Waals surface area contributed by atoms with E-state index in [1.54, 1.807) is 13.8 Å². The first kappa shape index (κ1) is 12.5. The van der Waals surface area contributed by atoms with Gasteiger partial charge < -0.3 is 13.6 Å². The molecule has 0 bridgehead atoms. The van der Waals surface area contributed by atoms with Gasteiger partial charge in [-0.05, 0) is 0 Å². The molecule has 1 aliphatic heterocycles. The predicted octanol–water partition coefficient (Wildman–Crippen LogP) is 2.39. The summed E-state index contributed by atoms with van der Waals surface area (Å²) in [7, 11) is -5.51. The fourth-order valence-electron chi connectivity index (χ4n) is 1.23. The highest BCUT2D eigenvalue weighted by Gasteiger charge is 2.36. The Morgan fingerprint density at radius 1 is 1.50 bits per heavy atom. The Balaban J connectivity index is 2.50. The molecule has 1 unspecified atom stereocenters. The van der Waals surface area contributed by atoms with Crippen molar-refractivity contribution >= 4 is 18.2 Å². The highest BCUT2D eigenvalue weighted by Crippen LogP contribution is 2.53. The molecule has 0 spiro atoms. The van der Waals surface area contributed by atoms with Gasteiger partial charge in [0.25, 0.3) is 0 Å². The molecule has 0 aromatic carbocycles. The number of rotatable bonds is 4. The van der Waals surface area contributed by atoms with E-state index in [0.29, 0.717) is 12.3 Å². The van der Waals surface area contributed by atoms with Gasteiger partial charge in [-0.15, -0.1) is 0 Å². The van der Waals surface area contributed by atoms with Crippen LogP contribution in [0.1, 0.15) is 13.8 Å². The molecule has 0 aromatic heterocycles. The number of hydrogen-bond donors (Lipinski definition) is 2. The highest BCUT2D eigenvalue weighted by molar-refractivity contribution is 8.20. The fraction of sp³-hybridized carbons (Fsp3) is 1.00. The van der Waals surface area contributed by atoms with Crippen LogP contribution in [0.3, 0.4) is 0 Å². The van der Waals surface area contributed by atoms with Crippen molar-refractivity contribution < 1.29 is 22.4 Å². The van der Waals surface area contributed by atoms with Gasteiger partial charge in [0.15, 0.2) is 0 Å². The van der Waals surface area contributed by atoms with E-state index in [0.717, 1.165) is 0 Å². The Bertz CT molecular complexity index is 236. The first-order valence-electron chi connectivity index (χ1n) is 4.57. The lowest BCUT2D eigenvalue weighted by Gasteiger charge is -2.20. The standard InChI is InChI=1S/C7H17O5PS/c1-3-13(8,4-2)12-7-5-11-14(9,10)6-7/h7,9-10H,3-6H2,1-2H3. The average molecular weight is 244 g/mol. The summed E-state index contributed by atoms with van der Waals surface area (Å²) in [6.07, 6.45) is 0.504. The maximum atomic E-state index is 11.9. The molecule has 2 N–H and O–H groups in total. The average Bonchev–Trinajstić information content (AvgIpc) is 2.45. The quantitative estimate of drug-likeness (QED) is 0.742. The van der Waals surface area contributed by atoms with Crippen LogP contribution in [-0.2, 0) is 13.3 Å². The van der Waals surface area contributed by atoms with Crippen molar-refractivity contribution in [3.05, 3.63) is 0 Å². The third-order valence-corrected chi connectivity index (χ3v) is 6.08. The van der Waals surface area contributed by atoms with Crippen LogP contribution >= 0.6 is 18.2 Å². The zero-order valence-electron chi connectivity index (χ0n) is 8.38. The van der Waals surface area contributed by atoms with E-state index in [-0.39, 0.29) is 12.4 Å². The van der Waals surface area contributed by atoms with Crippen molar-refractivity contribution in [3.63, 3.8) is 0 Å². The molecule has 1 aliphatic rings. The third-order valence-electron chi connectivity index (χ3n) is 2.15. The Kier molecular flexibility index (Phi) is 4.03. The van der Waals surface area contributed by atoms with Crippen LogP contribution in [0, 0.1) is 0 Å². The summed E-state index contributed by atoms with van der Waals surface area (Å²) >= 11 is 0. The van der Waals surface area contributed by atoms with E-state index in [2.05, 4.69) is 0 Å². The molecular formula is C7H17O5PS. The van der Waals surface area contributed by atoms with Gasteiger partial charge in [-0.2, -0.15) is 0 Å². The molecular weight excluding hydrogens is 227 g/mol. The summed E-state index contributed by atoms with van der Waals surface area (Å²) in [6.45, 7) is 3.72. The topological polar surface area (TPSA) is 76.0 Å². The lowest BCUT2D eigenvalue weighted by atomic mass is 10.5. The van der Waals surface area contributed by atoms with Crippen LogP contribution in [-0.4, -0.2) is 39.9 Å². The second-order valence-corrected chi connectivity index (χ2v) is 8.12. The molecule has 1 atom stereocenters. The molecule has 86 valence electrons. The fourth-order valence-corrected chi connectivity index (χ4v) is 3.87. The lowest BCUT2D eigenvalue weighted by molar-refractivity contribution is 0.177. The van der Waals surface area contributed by atoms with Gasteiger partial charge >= 0.3 is 0 Å². The Labute approximate surface area is 85.8 Å². The molecule has 0 aromatic rings. The van der Waals surface area contributed by atoms with E-state index in [9.17, 15) is 4.57 Å². The van der Waals surface area contributed by atoms with Crippen LogP contribution in [0.15, 0.2) is 0 Å². The van der Waals surface area contributed by atoms with Gasteiger partial charge in [0.1, 0.15) is 6.10 Å². The number of hydrogen-bond acceptors (Lipinski definition) is 5. The van der Waals surface area contributed by atoms with Crippen molar-refractivity contribution in [3.8, 4) is 0 Å². The van der Waals surface area contributed by atoms with E-state index < -0.39 is 24.3 Å². The smallest absolute Gasteiger partial charge is 0.202 e. The van der Waals surface area contributed by atoms with Gasteiger partial charge in [0.05, 0.1) is 23.2 Å². The summed E-state index contributed by atoms with van der Waals surface area (Å²) in [5.74, 6) is 0.0387. The molecule has 1 rings (SSSR count). The Morgan fingerprint density at radius 3 is 2.43 bits per heavy atom. The minimum atomic E-state index is -2.93. The summed E-state index contributed by atoms with van der Waals surface area (Å²) < 4.78 is 40.3. The van der Waals surface area contributed by atoms with Gasteiger partial charge in [-0.25, -0.2) is 0 Å². The molecule has 5 nitrogen and oxygen atoms in total. The van der Waals surface area contributed by atoms with Crippen molar-refractivity contribution in [1.82, 2.24) is 0 Å². The molecule has 0 radical (unpaired) electrons. The second kappa shape index (κ2) is 4.51. The lowest BCUT2D eigenvalue weighted by Crippen LogP contribution is -2.16. The zero-order chi connectivity index (χ0) is 10.8. The normalized spacial score (nSPS) is 29.0.